The Morgan fingerprint density at radius 1 is 1.33 bits per heavy atom. The largest absolute Gasteiger partial charge is 0.306 e. The molecule has 1 fully saturated rings. The van der Waals surface area contributed by atoms with Gasteiger partial charge in [-0.15, -0.1) is 11.3 Å². The number of imidazole rings is 1. The molecule has 0 aliphatic heterocycles. The second-order valence-electron chi connectivity index (χ2n) is 6.79. The van der Waals surface area contributed by atoms with E-state index in [9.17, 15) is 4.79 Å². The summed E-state index contributed by atoms with van der Waals surface area (Å²) >= 11 is 1.41. The van der Waals surface area contributed by atoms with E-state index in [1.807, 2.05) is 47.6 Å². The highest BCUT2D eigenvalue weighted by Crippen LogP contribution is 2.44. The summed E-state index contributed by atoms with van der Waals surface area (Å²) in [6, 6.07) is 3.99. The summed E-state index contributed by atoms with van der Waals surface area (Å²) in [5.74, 6) is 0.385. The molecule has 1 aliphatic rings. The molecule has 7 heteroatoms. The molecule has 1 saturated carbocycles. The zero-order valence-corrected chi connectivity index (χ0v) is 15.5. The number of thiazole rings is 1. The quantitative estimate of drug-likeness (QED) is 0.577. The first kappa shape index (κ1) is 16.1. The fourth-order valence-corrected chi connectivity index (χ4v) is 4.00. The maximum absolute atomic E-state index is 12.9. The Kier molecular flexibility index (Phi) is 3.75. The Hall–Kier alpha value is -3.06. The van der Waals surface area contributed by atoms with Gasteiger partial charge in [-0.25, -0.2) is 9.97 Å². The second kappa shape index (κ2) is 6.28. The van der Waals surface area contributed by atoms with Crippen molar-refractivity contribution < 1.29 is 4.79 Å². The lowest BCUT2D eigenvalue weighted by atomic mass is 9.99. The van der Waals surface area contributed by atoms with Crippen LogP contribution < -0.4 is 5.32 Å². The Morgan fingerprint density at radius 2 is 2.22 bits per heavy atom. The van der Waals surface area contributed by atoms with Gasteiger partial charge in [-0.2, -0.15) is 0 Å². The Bertz CT molecular complexity index is 1160. The summed E-state index contributed by atoms with van der Waals surface area (Å²) in [6.45, 7) is 1.90. The van der Waals surface area contributed by atoms with Gasteiger partial charge < -0.3 is 4.40 Å². The number of nitrogens with zero attached hydrogens (tertiary/aromatic N) is 4. The van der Waals surface area contributed by atoms with Crippen molar-refractivity contribution in [1.29, 1.82) is 0 Å². The Balaban J connectivity index is 1.60. The Labute approximate surface area is 159 Å². The molecule has 0 aromatic carbocycles. The number of pyridine rings is 2. The van der Waals surface area contributed by atoms with Crippen LogP contribution in [0, 0.1) is 6.92 Å². The van der Waals surface area contributed by atoms with Crippen molar-refractivity contribution in [1.82, 2.24) is 19.4 Å². The average Bonchev–Trinajstić information content (AvgIpc) is 3.28. The molecule has 0 bridgehead atoms. The van der Waals surface area contributed by atoms with E-state index in [4.69, 9.17) is 0 Å². The first-order valence-electron chi connectivity index (χ1n) is 8.83. The highest BCUT2D eigenvalue weighted by atomic mass is 32.1. The molecule has 4 heterocycles. The minimum Gasteiger partial charge on any atom is -0.306 e. The van der Waals surface area contributed by atoms with Crippen LogP contribution in [0.4, 0.5) is 5.13 Å². The minimum atomic E-state index is -0.209. The number of nitrogens with one attached hydrogen (secondary N) is 1. The molecule has 0 saturated heterocycles. The van der Waals surface area contributed by atoms with E-state index in [1.165, 1.54) is 29.7 Å². The first-order chi connectivity index (χ1) is 13.2. The second-order valence-corrected chi connectivity index (χ2v) is 7.64. The highest BCUT2D eigenvalue weighted by molar-refractivity contribution is 7.13. The van der Waals surface area contributed by atoms with Crippen LogP contribution in [0.2, 0.25) is 0 Å². The third-order valence-corrected chi connectivity index (χ3v) is 5.63. The lowest BCUT2D eigenvalue weighted by Gasteiger charge is -2.11. The summed E-state index contributed by atoms with van der Waals surface area (Å²) in [6.07, 6.45) is 11.7. The summed E-state index contributed by atoms with van der Waals surface area (Å²) in [4.78, 5) is 25.9. The number of carbonyl (C=O) groups is 1. The van der Waals surface area contributed by atoms with Gasteiger partial charge in [0.25, 0.3) is 5.91 Å². The molecule has 4 aromatic rings. The molecule has 1 amide bonds. The van der Waals surface area contributed by atoms with Crippen LogP contribution in [-0.4, -0.2) is 25.3 Å². The van der Waals surface area contributed by atoms with Gasteiger partial charge in [-0.3, -0.25) is 15.1 Å². The van der Waals surface area contributed by atoms with Gasteiger partial charge in [0.05, 0.1) is 11.3 Å². The third-order valence-electron chi connectivity index (χ3n) is 4.75. The van der Waals surface area contributed by atoms with Crippen molar-refractivity contribution in [2.24, 2.45) is 0 Å². The van der Waals surface area contributed by atoms with E-state index in [2.05, 4.69) is 26.3 Å². The predicted octanol–water partition coefficient (Wildman–Crippen LogP) is 4.29. The molecule has 27 heavy (non-hydrogen) atoms. The molecular weight excluding hydrogens is 358 g/mol. The predicted molar refractivity (Wildman–Crippen MR) is 105 cm³/mol. The third kappa shape index (κ3) is 3.00. The van der Waals surface area contributed by atoms with Crippen molar-refractivity contribution >= 4 is 28.0 Å². The monoisotopic (exact) mass is 375 g/mol. The number of hydrogen-bond acceptors (Lipinski definition) is 5. The van der Waals surface area contributed by atoms with Crippen LogP contribution in [0.1, 0.15) is 40.4 Å². The standard InChI is InChI=1S/C20H17N5OS/c1-12-11-27-20(23-12)24-19(26)16-8-14(10-25-7-6-22-18(16)25)17-9-21-5-4-15(17)13-2-3-13/h4-11,13H,2-3H2,1H3,(H,23,24,26). The van der Waals surface area contributed by atoms with E-state index in [0.29, 0.717) is 22.3 Å². The van der Waals surface area contributed by atoms with E-state index < -0.39 is 0 Å². The highest BCUT2D eigenvalue weighted by Gasteiger charge is 2.27. The molecule has 0 atom stereocenters. The van der Waals surface area contributed by atoms with E-state index >= 15 is 0 Å². The summed E-state index contributed by atoms with van der Waals surface area (Å²) < 4.78 is 1.89. The number of aryl methyl sites for hydroxylation is 1. The molecule has 5 rings (SSSR count). The molecule has 4 aromatic heterocycles. The van der Waals surface area contributed by atoms with Crippen LogP contribution in [0.5, 0.6) is 0 Å². The van der Waals surface area contributed by atoms with Crippen molar-refractivity contribution in [2.75, 3.05) is 5.32 Å². The SMILES string of the molecule is Cc1csc(NC(=O)c2cc(-c3cnccc3C3CC3)cn3ccnc23)n1. The lowest BCUT2D eigenvalue weighted by molar-refractivity contribution is 0.102. The van der Waals surface area contributed by atoms with Crippen molar-refractivity contribution in [3.8, 4) is 11.1 Å². The number of amides is 1. The summed E-state index contributed by atoms with van der Waals surface area (Å²) in [5.41, 5.74) is 5.38. The zero-order chi connectivity index (χ0) is 18.4. The van der Waals surface area contributed by atoms with Gasteiger partial charge in [-0.05, 0) is 43.4 Å². The maximum atomic E-state index is 12.9. The maximum Gasteiger partial charge on any atom is 0.261 e. The molecule has 0 radical (unpaired) electrons. The average molecular weight is 375 g/mol. The number of aromatic nitrogens is 4. The van der Waals surface area contributed by atoms with Gasteiger partial charge in [0.15, 0.2) is 5.13 Å². The van der Waals surface area contributed by atoms with Crippen molar-refractivity contribution in [2.45, 2.75) is 25.7 Å². The molecular formula is C20H17N5OS. The van der Waals surface area contributed by atoms with Gasteiger partial charge in [0.2, 0.25) is 0 Å². The van der Waals surface area contributed by atoms with E-state index in [0.717, 1.165) is 16.8 Å². The van der Waals surface area contributed by atoms with E-state index in [1.54, 1.807) is 6.20 Å². The fourth-order valence-electron chi connectivity index (χ4n) is 3.32. The molecule has 0 unspecified atom stereocenters. The summed E-state index contributed by atoms with van der Waals surface area (Å²) in [7, 11) is 0. The van der Waals surface area contributed by atoms with Crippen LogP contribution >= 0.6 is 11.3 Å². The molecule has 1 N–H and O–H groups in total. The summed E-state index contributed by atoms with van der Waals surface area (Å²) in [5, 5.41) is 5.39. The molecule has 134 valence electrons. The molecule has 6 nitrogen and oxygen atoms in total. The minimum absolute atomic E-state index is 0.209. The van der Waals surface area contributed by atoms with Gasteiger partial charge in [-0.1, -0.05) is 0 Å². The number of anilines is 1. The van der Waals surface area contributed by atoms with Crippen molar-refractivity contribution in [3.63, 3.8) is 0 Å². The number of fused-ring (bicyclic) bond motifs is 1. The first-order valence-corrected chi connectivity index (χ1v) is 9.71. The number of rotatable bonds is 4. The van der Waals surface area contributed by atoms with Gasteiger partial charge in [0, 0.05) is 47.5 Å². The number of carbonyl (C=O) groups excluding carboxylic acids is 1. The topological polar surface area (TPSA) is 72.2 Å². The smallest absolute Gasteiger partial charge is 0.261 e. The van der Waals surface area contributed by atoms with Crippen LogP contribution in [0.15, 0.2) is 48.5 Å². The van der Waals surface area contributed by atoms with Crippen LogP contribution in [0.25, 0.3) is 16.8 Å². The zero-order valence-electron chi connectivity index (χ0n) is 14.7. The molecule has 1 aliphatic carbocycles. The van der Waals surface area contributed by atoms with E-state index in [-0.39, 0.29) is 5.91 Å². The normalized spacial score (nSPS) is 13.8. The van der Waals surface area contributed by atoms with Gasteiger partial charge >= 0.3 is 0 Å². The fraction of sp³-hybridized carbons (Fsp3) is 0.200. The van der Waals surface area contributed by atoms with Crippen LogP contribution in [0.3, 0.4) is 0 Å². The molecule has 0 spiro atoms. The van der Waals surface area contributed by atoms with Gasteiger partial charge in [0.1, 0.15) is 5.65 Å². The number of hydrogen-bond donors (Lipinski definition) is 1. The van der Waals surface area contributed by atoms with Crippen molar-refractivity contribution in [3.05, 3.63) is 65.3 Å². The Morgan fingerprint density at radius 3 is 3.00 bits per heavy atom. The van der Waals surface area contributed by atoms with Crippen LogP contribution in [-0.2, 0) is 0 Å². The lowest BCUT2D eigenvalue weighted by Crippen LogP contribution is -2.13.